The molecule has 0 radical (unpaired) electrons. The first-order chi connectivity index (χ1) is 7.26. The highest BCUT2D eigenvalue weighted by molar-refractivity contribution is 4.96. The SMILES string of the molecule is Cn1ccnc1CNC1(CO)CCCC1. The first kappa shape index (κ1) is 10.6. The highest BCUT2D eigenvalue weighted by atomic mass is 16.3. The van der Waals surface area contributed by atoms with Crippen molar-refractivity contribution in [2.24, 2.45) is 7.05 Å². The summed E-state index contributed by atoms with van der Waals surface area (Å²) >= 11 is 0. The summed E-state index contributed by atoms with van der Waals surface area (Å²) in [5.41, 5.74) is -0.0497. The summed E-state index contributed by atoms with van der Waals surface area (Å²) in [6, 6.07) is 0. The summed E-state index contributed by atoms with van der Waals surface area (Å²) in [6.07, 6.45) is 8.33. The minimum atomic E-state index is -0.0497. The van der Waals surface area contributed by atoms with E-state index in [1.807, 2.05) is 17.8 Å². The lowest BCUT2D eigenvalue weighted by molar-refractivity contribution is 0.161. The van der Waals surface area contributed by atoms with Crippen LogP contribution in [0.25, 0.3) is 0 Å². The predicted molar refractivity (Wildman–Crippen MR) is 58.3 cm³/mol. The zero-order valence-corrected chi connectivity index (χ0v) is 9.24. The molecule has 2 rings (SSSR count). The summed E-state index contributed by atoms with van der Waals surface area (Å²) < 4.78 is 2.01. The second-order valence-electron chi connectivity index (χ2n) is 4.45. The molecule has 1 aromatic heterocycles. The summed E-state index contributed by atoms with van der Waals surface area (Å²) in [6.45, 7) is 0.974. The maximum atomic E-state index is 9.42. The fourth-order valence-electron chi connectivity index (χ4n) is 2.28. The molecule has 0 spiro atoms. The van der Waals surface area contributed by atoms with Crippen LogP contribution in [0.1, 0.15) is 31.5 Å². The van der Waals surface area contributed by atoms with Crippen LogP contribution in [-0.2, 0) is 13.6 Å². The average Bonchev–Trinajstić information content (AvgIpc) is 2.85. The van der Waals surface area contributed by atoms with Crippen molar-refractivity contribution >= 4 is 0 Å². The maximum Gasteiger partial charge on any atom is 0.122 e. The molecule has 84 valence electrons. The van der Waals surface area contributed by atoms with Crippen LogP contribution >= 0.6 is 0 Å². The van der Waals surface area contributed by atoms with Gasteiger partial charge in [-0.25, -0.2) is 4.98 Å². The molecule has 1 saturated carbocycles. The quantitative estimate of drug-likeness (QED) is 0.771. The Bertz CT molecular complexity index is 315. The van der Waals surface area contributed by atoms with Gasteiger partial charge in [0.1, 0.15) is 5.82 Å². The Morgan fingerprint density at radius 1 is 1.53 bits per heavy atom. The molecule has 4 heteroatoms. The molecular weight excluding hydrogens is 190 g/mol. The van der Waals surface area contributed by atoms with Crippen molar-refractivity contribution in [2.75, 3.05) is 6.61 Å². The second kappa shape index (κ2) is 4.33. The van der Waals surface area contributed by atoms with E-state index in [4.69, 9.17) is 0 Å². The Labute approximate surface area is 90.3 Å². The Morgan fingerprint density at radius 3 is 2.80 bits per heavy atom. The van der Waals surface area contributed by atoms with E-state index in [2.05, 4.69) is 10.3 Å². The molecule has 2 N–H and O–H groups in total. The fraction of sp³-hybridized carbons (Fsp3) is 0.727. The zero-order valence-electron chi connectivity index (χ0n) is 9.24. The number of aliphatic hydroxyl groups excluding tert-OH is 1. The molecule has 4 nitrogen and oxygen atoms in total. The van der Waals surface area contributed by atoms with E-state index in [1.54, 1.807) is 6.20 Å². The number of imidazole rings is 1. The monoisotopic (exact) mass is 209 g/mol. The zero-order chi connectivity index (χ0) is 10.7. The Morgan fingerprint density at radius 2 is 2.27 bits per heavy atom. The molecule has 15 heavy (non-hydrogen) atoms. The van der Waals surface area contributed by atoms with Crippen LogP contribution in [0.2, 0.25) is 0 Å². The third-order valence-corrected chi connectivity index (χ3v) is 3.41. The molecule has 0 aromatic carbocycles. The van der Waals surface area contributed by atoms with Crippen molar-refractivity contribution in [2.45, 2.75) is 37.8 Å². The number of rotatable bonds is 4. The summed E-state index contributed by atoms with van der Waals surface area (Å²) in [5.74, 6) is 1.02. The van der Waals surface area contributed by atoms with Gasteiger partial charge in [-0.1, -0.05) is 12.8 Å². The highest BCUT2D eigenvalue weighted by Gasteiger charge is 2.32. The summed E-state index contributed by atoms with van der Waals surface area (Å²) in [4.78, 5) is 4.26. The molecule has 0 amide bonds. The second-order valence-corrected chi connectivity index (χ2v) is 4.45. The average molecular weight is 209 g/mol. The highest BCUT2D eigenvalue weighted by Crippen LogP contribution is 2.29. The van der Waals surface area contributed by atoms with Crippen molar-refractivity contribution < 1.29 is 5.11 Å². The Balaban J connectivity index is 1.94. The standard InChI is InChI=1S/C11H19N3O/c1-14-7-6-12-10(14)8-13-11(9-15)4-2-3-5-11/h6-7,13,15H,2-5,8-9H2,1H3. The summed E-state index contributed by atoms with van der Waals surface area (Å²) in [7, 11) is 1.99. The van der Waals surface area contributed by atoms with Crippen LogP contribution < -0.4 is 5.32 Å². The first-order valence-corrected chi connectivity index (χ1v) is 5.58. The van der Waals surface area contributed by atoms with Gasteiger partial charge in [0, 0.05) is 25.0 Å². The van der Waals surface area contributed by atoms with E-state index in [0.717, 1.165) is 25.2 Å². The molecule has 0 unspecified atom stereocenters. The molecule has 1 heterocycles. The fourth-order valence-corrected chi connectivity index (χ4v) is 2.28. The third kappa shape index (κ3) is 2.21. The molecule has 1 aliphatic carbocycles. The van der Waals surface area contributed by atoms with E-state index in [-0.39, 0.29) is 12.1 Å². The number of aryl methyl sites for hydroxylation is 1. The summed E-state index contributed by atoms with van der Waals surface area (Å²) in [5, 5.41) is 12.9. The van der Waals surface area contributed by atoms with Gasteiger partial charge in [-0.05, 0) is 12.8 Å². The van der Waals surface area contributed by atoms with E-state index >= 15 is 0 Å². The molecule has 1 aliphatic rings. The maximum absolute atomic E-state index is 9.42. The minimum Gasteiger partial charge on any atom is -0.394 e. The van der Waals surface area contributed by atoms with E-state index < -0.39 is 0 Å². The van der Waals surface area contributed by atoms with Gasteiger partial charge in [-0.15, -0.1) is 0 Å². The van der Waals surface area contributed by atoms with E-state index in [9.17, 15) is 5.11 Å². The molecular formula is C11H19N3O. The molecule has 1 aromatic rings. The van der Waals surface area contributed by atoms with Gasteiger partial charge in [-0.2, -0.15) is 0 Å². The van der Waals surface area contributed by atoms with Crippen LogP contribution in [0.15, 0.2) is 12.4 Å². The largest absolute Gasteiger partial charge is 0.394 e. The van der Waals surface area contributed by atoms with Crippen LogP contribution in [0, 0.1) is 0 Å². The van der Waals surface area contributed by atoms with Gasteiger partial charge in [0.2, 0.25) is 0 Å². The first-order valence-electron chi connectivity index (χ1n) is 5.58. The van der Waals surface area contributed by atoms with Crippen molar-refractivity contribution in [3.8, 4) is 0 Å². The van der Waals surface area contributed by atoms with Gasteiger partial charge in [-0.3, -0.25) is 0 Å². The Hall–Kier alpha value is -0.870. The topological polar surface area (TPSA) is 50.1 Å². The van der Waals surface area contributed by atoms with Crippen LogP contribution in [0.5, 0.6) is 0 Å². The lowest BCUT2D eigenvalue weighted by Crippen LogP contribution is -2.45. The molecule has 0 atom stereocenters. The smallest absolute Gasteiger partial charge is 0.122 e. The van der Waals surface area contributed by atoms with E-state index in [1.165, 1.54) is 12.8 Å². The van der Waals surface area contributed by atoms with Gasteiger partial charge < -0.3 is 15.0 Å². The normalized spacial score (nSPS) is 19.6. The number of aromatic nitrogens is 2. The van der Waals surface area contributed by atoms with Crippen molar-refractivity contribution in [3.05, 3.63) is 18.2 Å². The van der Waals surface area contributed by atoms with Gasteiger partial charge in [0.15, 0.2) is 0 Å². The van der Waals surface area contributed by atoms with Crippen LogP contribution in [0.3, 0.4) is 0 Å². The van der Waals surface area contributed by atoms with Gasteiger partial charge in [0.05, 0.1) is 13.2 Å². The molecule has 1 fully saturated rings. The van der Waals surface area contributed by atoms with Crippen molar-refractivity contribution in [1.29, 1.82) is 0 Å². The predicted octanol–water partition coefficient (Wildman–Crippen LogP) is 0.815. The molecule has 0 saturated heterocycles. The molecule has 0 aliphatic heterocycles. The number of hydrogen-bond acceptors (Lipinski definition) is 3. The third-order valence-electron chi connectivity index (χ3n) is 3.41. The van der Waals surface area contributed by atoms with Crippen LogP contribution in [0.4, 0.5) is 0 Å². The van der Waals surface area contributed by atoms with Gasteiger partial charge >= 0.3 is 0 Å². The molecule has 0 bridgehead atoms. The number of aliphatic hydroxyl groups is 1. The van der Waals surface area contributed by atoms with E-state index in [0.29, 0.717) is 0 Å². The lowest BCUT2D eigenvalue weighted by atomic mass is 9.99. The van der Waals surface area contributed by atoms with Gasteiger partial charge in [0.25, 0.3) is 0 Å². The minimum absolute atomic E-state index is 0.0497. The van der Waals surface area contributed by atoms with Crippen molar-refractivity contribution in [1.82, 2.24) is 14.9 Å². The number of hydrogen-bond donors (Lipinski definition) is 2. The van der Waals surface area contributed by atoms with Crippen molar-refractivity contribution in [3.63, 3.8) is 0 Å². The number of nitrogens with one attached hydrogen (secondary N) is 1. The lowest BCUT2D eigenvalue weighted by Gasteiger charge is -2.27. The number of nitrogens with zero attached hydrogens (tertiary/aromatic N) is 2. The Kier molecular flexibility index (Phi) is 3.07. The van der Waals surface area contributed by atoms with Crippen LogP contribution in [-0.4, -0.2) is 26.8 Å².